The Morgan fingerprint density at radius 2 is 1.76 bits per heavy atom. The number of amides is 1. The number of sulfonamides is 1. The van der Waals surface area contributed by atoms with Gasteiger partial charge in [-0.2, -0.15) is 0 Å². The summed E-state index contributed by atoms with van der Waals surface area (Å²) in [7, 11) is -3.89. The van der Waals surface area contributed by atoms with Crippen LogP contribution in [0.25, 0.3) is 10.2 Å². The average molecular weight is 574 g/mol. The van der Waals surface area contributed by atoms with Gasteiger partial charge in [0.2, 0.25) is 0 Å². The van der Waals surface area contributed by atoms with Crippen molar-refractivity contribution in [3.8, 4) is 0 Å². The number of carbonyl (C=O) groups excluding carboxylic acids is 1. The summed E-state index contributed by atoms with van der Waals surface area (Å²) >= 11 is 7.35. The Kier molecular flexibility index (Phi) is 7.80. The molecule has 1 amide bonds. The molecule has 1 aliphatic heterocycles. The molecule has 5 rings (SSSR count). The Morgan fingerprint density at radius 3 is 2.53 bits per heavy atom. The zero-order valence-electron chi connectivity index (χ0n) is 20.2. The molecule has 12 heteroatoms. The molecule has 0 atom stereocenters. The van der Waals surface area contributed by atoms with Gasteiger partial charge in [-0.1, -0.05) is 35.1 Å². The molecular weight excluding hydrogens is 549 g/mol. The maximum atomic E-state index is 13.5. The molecule has 3 aromatic carbocycles. The summed E-state index contributed by atoms with van der Waals surface area (Å²) in [6, 6.07) is 16.9. The first-order valence-electron chi connectivity index (χ1n) is 12.0. The van der Waals surface area contributed by atoms with Gasteiger partial charge in [0.05, 0.1) is 26.4 Å². The molecule has 1 aromatic heterocycles. The number of carbonyl (C=O) groups is 1. The van der Waals surface area contributed by atoms with Gasteiger partial charge >= 0.3 is 0 Å². The van der Waals surface area contributed by atoms with Crippen LogP contribution in [0.1, 0.15) is 10.4 Å². The van der Waals surface area contributed by atoms with Crippen LogP contribution in [-0.4, -0.2) is 63.5 Å². The molecule has 0 saturated carbocycles. The van der Waals surface area contributed by atoms with Crippen molar-refractivity contribution in [3.63, 3.8) is 0 Å². The fourth-order valence-corrected chi connectivity index (χ4v) is 6.44. The third kappa shape index (κ3) is 6.07. The summed E-state index contributed by atoms with van der Waals surface area (Å²) in [6.07, 6.45) is 0. The lowest BCUT2D eigenvalue weighted by molar-refractivity contribution is 0.0948. The van der Waals surface area contributed by atoms with E-state index in [2.05, 4.69) is 24.8 Å². The Bertz CT molecular complexity index is 1550. The number of piperazine rings is 1. The highest BCUT2D eigenvalue weighted by atomic mass is 35.5. The smallest absolute Gasteiger partial charge is 0.261 e. The number of hydrogen-bond donors (Lipinski definition) is 2. The van der Waals surface area contributed by atoms with Crippen molar-refractivity contribution in [2.45, 2.75) is 4.90 Å². The first kappa shape index (κ1) is 26.4. The van der Waals surface area contributed by atoms with Gasteiger partial charge in [0.25, 0.3) is 15.9 Å². The Balaban J connectivity index is 1.14. The summed E-state index contributed by atoms with van der Waals surface area (Å²) < 4.78 is 42.4. The molecule has 198 valence electrons. The molecule has 2 heterocycles. The minimum atomic E-state index is -3.89. The normalized spacial score (nSPS) is 14.5. The second kappa shape index (κ2) is 11.2. The molecule has 0 spiro atoms. The average Bonchev–Trinajstić information content (AvgIpc) is 3.32. The summed E-state index contributed by atoms with van der Waals surface area (Å²) in [5.74, 6) is -0.624. The number of aromatic nitrogens is 1. The van der Waals surface area contributed by atoms with E-state index in [0.29, 0.717) is 18.1 Å². The van der Waals surface area contributed by atoms with Crippen LogP contribution in [0.15, 0.2) is 71.6 Å². The van der Waals surface area contributed by atoms with E-state index in [1.807, 2.05) is 0 Å². The number of para-hydroxylation sites is 1. The predicted molar refractivity (Wildman–Crippen MR) is 149 cm³/mol. The summed E-state index contributed by atoms with van der Waals surface area (Å²) in [6.45, 7) is 4.24. The molecule has 1 aliphatic rings. The number of nitrogens with zero attached hydrogens (tertiary/aromatic N) is 3. The summed E-state index contributed by atoms with van der Waals surface area (Å²) in [4.78, 5) is 22.0. The zero-order chi connectivity index (χ0) is 26.7. The first-order valence-corrected chi connectivity index (χ1v) is 14.7. The monoisotopic (exact) mass is 573 g/mol. The van der Waals surface area contributed by atoms with E-state index in [1.54, 1.807) is 30.3 Å². The van der Waals surface area contributed by atoms with Gasteiger partial charge in [-0.05, 0) is 54.6 Å². The van der Waals surface area contributed by atoms with Crippen molar-refractivity contribution in [2.24, 2.45) is 0 Å². The highest BCUT2D eigenvalue weighted by Gasteiger charge is 2.21. The molecule has 0 aliphatic carbocycles. The number of halogens is 2. The molecule has 2 N–H and O–H groups in total. The highest BCUT2D eigenvalue weighted by molar-refractivity contribution is 7.92. The number of benzene rings is 3. The zero-order valence-corrected chi connectivity index (χ0v) is 22.6. The fourth-order valence-electron chi connectivity index (χ4n) is 4.19. The van der Waals surface area contributed by atoms with Crippen molar-refractivity contribution in [1.82, 2.24) is 15.2 Å². The second-order valence-corrected chi connectivity index (χ2v) is 11.9. The van der Waals surface area contributed by atoms with E-state index in [9.17, 15) is 17.6 Å². The molecule has 0 bridgehead atoms. The second-order valence-electron chi connectivity index (χ2n) is 8.80. The Labute approximate surface area is 229 Å². The van der Waals surface area contributed by atoms with Gasteiger partial charge in [0.15, 0.2) is 5.13 Å². The van der Waals surface area contributed by atoms with Crippen LogP contribution in [0.3, 0.4) is 0 Å². The van der Waals surface area contributed by atoms with Crippen molar-refractivity contribution in [3.05, 3.63) is 83.1 Å². The third-order valence-corrected chi connectivity index (χ3v) is 8.95. The predicted octanol–water partition coefficient (Wildman–Crippen LogP) is 4.44. The van der Waals surface area contributed by atoms with Crippen molar-refractivity contribution in [1.29, 1.82) is 0 Å². The molecule has 0 radical (unpaired) electrons. The van der Waals surface area contributed by atoms with E-state index < -0.39 is 10.0 Å². The number of hydrogen-bond acceptors (Lipinski definition) is 7. The van der Waals surface area contributed by atoms with Crippen molar-refractivity contribution in [2.75, 3.05) is 48.9 Å². The lowest BCUT2D eigenvalue weighted by Crippen LogP contribution is -2.48. The number of fused-ring (bicyclic) bond motifs is 1. The fraction of sp³-hybridized carbons (Fsp3) is 0.231. The number of nitrogens with one attached hydrogen (secondary N) is 2. The van der Waals surface area contributed by atoms with Gasteiger partial charge in [0, 0.05) is 44.3 Å². The van der Waals surface area contributed by atoms with Crippen LogP contribution in [0.4, 0.5) is 15.2 Å². The van der Waals surface area contributed by atoms with E-state index in [0.717, 1.165) is 41.5 Å². The topological polar surface area (TPSA) is 94.6 Å². The van der Waals surface area contributed by atoms with E-state index in [1.165, 1.54) is 47.7 Å². The Hall–Kier alpha value is -3.25. The van der Waals surface area contributed by atoms with Crippen LogP contribution in [0.5, 0.6) is 0 Å². The molecule has 0 unspecified atom stereocenters. The van der Waals surface area contributed by atoms with Gasteiger partial charge in [-0.3, -0.25) is 14.4 Å². The van der Waals surface area contributed by atoms with Crippen molar-refractivity contribution >= 4 is 59.9 Å². The molecule has 1 saturated heterocycles. The van der Waals surface area contributed by atoms with Gasteiger partial charge in [-0.15, -0.1) is 0 Å². The third-order valence-electron chi connectivity index (χ3n) is 6.24. The van der Waals surface area contributed by atoms with E-state index in [-0.39, 0.29) is 27.9 Å². The summed E-state index contributed by atoms with van der Waals surface area (Å²) in [5.41, 5.74) is 1.23. The standard InChI is InChI=1S/C26H25ClFN5O3S2/c27-18-5-8-20(9-6-18)38(35,36)31-22-4-2-1-3-21(22)25(34)29-11-12-32-13-15-33(16-14-32)26-30-23-10-7-19(28)17-24(23)37-26/h1-10,17,31H,11-16H2,(H,29,34). The van der Waals surface area contributed by atoms with Gasteiger partial charge in [0.1, 0.15) is 5.82 Å². The lowest BCUT2D eigenvalue weighted by Gasteiger charge is -2.34. The number of anilines is 2. The molecule has 1 fully saturated rings. The SMILES string of the molecule is O=C(NCCN1CCN(c2nc3ccc(F)cc3s2)CC1)c1ccccc1NS(=O)(=O)c1ccc(Cl)cc1. The van der Waals surface area contributed by atoms with Crippen LogP contribution in [-0.2, 0) is 10.0 Å². The number of thiazole rings is 1. The van der Waals surface area contributed by atoms with Crippen LogP contribution in [0, 0.1) is 5.82 Å². The largest absolute Gasteiger partial charge is 0.351 e. The van der Waals surface area contributed by atoms with Crippen molar-refractivity contribution < 1.29 is 17.6 Å². The van der Waals surface area contributed by atoms with Crippen LogP contribution in [0.2, 0.25) is 5.02 Å². The molecule has 38 heavy (non-hydrogen) atoms. The minimum Gasteiger partial charge on any atom is -0.351 e. The van der Waals surface area contributed by atoms with Crippen LogP contribution >= 0.6 is 22.9 Å². The van der Waals surface area contributed by atoms with E-state index in [4.69, 9.17) is 11.6 Å². The lowest BCUT2D eigenvalue weighted by atomic mass is 10.1. The van der Waals surface area contributed by atoms with Crippen LogP contribution < -0.4 is 14.9 Å². The quantitative estimate of drug-likeness (QED) is 0.324. The first-order chi connectivity index (χ1) is 18.3. The molecule has 8 nitrogen and oxygen atoms in total. The van der Waals surface area contributed by atoms with E-state index >= 15 is 0 Å². The Morgan fingerprint density at radius 1 is 1.03 bits per heavy atom. The minimum absolute atomic E-state index is 0.0502. The maximum Gasteiger partial charge on any atom is 0.261 e. The highest BCUT2D eigenvalue weighted by Crippen LogP contribution is 2.30. The maximum absolute atomic E-state index is 13.5. The van der Waals surface area contributed by atoms with Gasteiger partial charge in [-0.25, -0.2) is 17.8 Å². The molecular formula is C26H25ClFN5O3S2. The summed E-state index contributed by atoms with van der Waals surface area (Å²) in [5, 5.41) is 4.21. The van der Waals surface area contributed by atoms with Gasteiger partial charge < -0.3 is 10.2 Å². The number of rotatable bonds is 8. The molecule has 4 aromatic rings.